The van der Waals surface area contributed by atoms with Gasteiger partial charge in [-0.1, -0.05) is 69.1 Å². The van der Waals surface area contributed by atoms with E-state index in [1.54, 1.807) is 18.3 Å². The van der Waals surface area contributed by atoms with Gasteiger partial charge in [-0.15, -0.1) is 0 Å². The molecule has 3 aliphatic rings. The molecule has 9 atom stereocenters. The fraction of sp³-hybridized carbons (Fsp3) is 0.568. The van der Waals surface area contributed by atoms with Crippen LogP contribution in [0.2, 0.25) is 0 Å². The highest BCUT2D eigenvalue weighted by molar-refractivity contribution is 5.45. The van der Waals surface area contributed by atoms with E-state index >= 15 is 0 Å². The van der Waals surface area contributed by atoms with Crippen LogP contribution in [-0.2, 0) is 5.41 Å². The molecule has 0 aliphatic heterocycles. The van der Waals surface area contributed by atoms with E-state index in [9.17, 15) is 25.5 Å². The maximum absolute atomic E-state index is 11.6. The average molecular weight is 726 g/mol. The van der Waals surface area contributed by atoms with Crippen LogP contribution < -0.4 is 10.5 Å². The van der Waals surface area contributed by atoms with Gasteiger partial charge in [0.2, 0.25) is 0 Å². The molecule has 2 heterocycles. The molecule has 0 radical (unpaired) electrons. The number of hydrogen-bond acceptors (Lipinski definition) is 8. The molecule has 0 bridgehead atoms. The van der Waals surface area contributed by atoms with Crippen molar-refractivity contribution < 1.29 is 30.3 Å². The number of aromatic hydroxyl groups is 1. The van der Waals surface area contributed by atoms with E-state index in [1.807, 2.05) is 36.5 Å². The third kappa shape index (κ3) is 9.12. The van der Waals surface area contributed by atoms with E-state index in [4.69, 9.17) is 10.5 Å². The van der Waals surface area contributed by atoms with Gasteiger partial charge in [-0.05, 0) is 98.4 Å². The predicted octanol–water partition coefficient (Wildman–Crippen LogP) is 6.87. The molecule has 2 aromatic heterocycles. The third-order valence-electron chi connectivity index (χ3n) is 12.4. The number of nitrogens with one attached hydrogen (secondary N) is 1. The summed E-state index contributed by atoms with van der Waals surface area (Å²) in [5.74, 6) is 6.78. The standard InChI is InChI=1S/C44H59N3O6/c1-2-29-9-4-5-10-37(51)43-30(13-12-29)14-15-31(25-38(43)52)32-16-17-35(49)39(26-32)53-40(36(50)19-24-48)28-34(33-18-23-47-42(45)27-33)44(20-6-3-7-21-44)41-11-8-22-46-41/h8,11,14-18,22-23,26-27,29-31,34,36-38,40,43,46,48-52H,2-7,9-10,19-21,24-25,28H2,1H3,(H2,45,47). The summed E-state index contributed by atoms with van der Waals surface area (Å²) in [6, 6.07) is 13.3. The molecule has 53 heavy (non-hydrogen) atoms. The summed E-state index contributed by atoms with van der Waals surface area (Å²) in [6.45, 7) is 1.94. The van der Waals surface area contributed by atoms with Crippen LogP contribution in [0, 0.1) is 29.6 Å². The number of hydrogen-bond donors (Lipinski definition) is 7. The van der Waals surface area contributed by atoms with Gasteiger partial charge in [-0.25, -0.2) is 4.98 Å². The molecular weight excluding hydrogens is 666 g/mol. The number of nitrogens with two attached hydrogens (primary N) is 1. The number of phenols is 1. The van der Waals surface area contributed by atoms with Crippen LogP contribution in [0.3, 0.4) is 0 Å². The van der Waals surface area contributed by atoms with Crippen molar-refractivity contribution in [3.8, 4) is 23.3 Å². The Kier molecular flexibility index (Phi) is 13.2. The van der Waals surface area contributed by atoms with Crippen molar-refractivity contribution in [2.45, 2.75) is 132 Å². The number of phenolic OH excluding ortho intramolecular Hbond substituents is 1. The van der Waals surface area contributed by atoms with Gasteiger partial charge < -0.3 is 41.0 Å². The van der Waals surface area contributed by atoms with Crippen LogP contribution in [0.5, 0.6) is 11.5 Å². The molecule has 9 nitrogen and oxygen atoms in total. The molecule has 8 N–H and O–H groups in total. The van der Waals surface area contributed by atoms with Crippen molar-refractivity contribution in [2.24, 2.45) is 17.8 Å². The highest BCUT2D eigenvalue weighted by Gasteiger charge is 2.45. The van der Waals surface area contributed by atoms with Gasteiger partial charge in [0.25, 0.3) is 0 Å². The summed E-state index contributed by atoms with van der Waals surface area (Å²) < 4.78 is 6.66. The lowest BCUT2D eigenvalue weighted by Crippen LogP contribution is -2.42. The highest BCUT2D eigenvalue weighted by atomic mass is 16.5. The minimum absolute atomic E-state index is 0.0596. The summed E-state index contributed by atoms with van der Waals surface area (Å²) in [6.07, 6.45) is 15.2. The fourth-order valence-electron chi connectivity index (χ4n) is 9.38. The highest BCUT2D eigenvalue weighted by Crippen LogP contribution is 2.52. The van der Waals surface area contributed by atoms with Crippen molar-refractivity contribution in [1.82, 2.24) is 9.97 Å². The lowest BCUT2D eigenvalue weighted by atomic mass is 9.60. The first-order chi connectivity index (χ1) is 25.7. The molecule has 6 rings (SSSR count). The number of nitrogen functional groups attached to an aromatic ring is 1. The van der Waals surface area contributed by atoms with Gasteiger partial charge in [0, 0.05) is 60.2 Å². The van der Waals surface area contributed by atoms with Crippen molar-refractivity contribution in [2.75, 3.05) is 12.3 Å². The van der Waals surface area contributed by atoms with E-state index in [0.29, 0.717) is 31.0 Å². The Hall–Kier alpha value is -3.81. The Labute approximate surface area is 314 Å². The number of pyridine rings is 1. The molecule has 3 aromatic rings. The maximum Gasteiger partial charge on any atom is 0.161 e. The van der Waals surface area contributed by atoms with Gasteiger partial charge in [0.05, 0.1) is 18.3 Å². The second-order valence-corrected chi connectivity index (χ2v) is 15.7. The van der Waals surface area contributed by atoms with E-state index in [2.05, 4.69) is 40.9 Å². The van der Waals surface area contributed by atoms with E-state index in [1.165, 1.54) is 0 Å². The zero-order valence-electron chi connectivity index (χ0n) is 31.1. The molecule has 0 amide bonds. The van der Waals surface area contributed by atoms with Gasteiger partial charge in [0.15, 0.2) is 11.5 Å². The number of fused-ring (bicyclic) bond motifs is 1. The van der Waals surface area contributed by atoms with Crippen LogP contribution in [0.25, 0.3) is 0 Å². The SMILES string of the molecule is CCC1C#CC2C=CC(c3ccc(O)c(OC(CC(c4ccnc(N)c4)C4(c5ccc[nH]5)CCCCC4)C(O)CCO)c3)CC(O)C2C(O)CCCC1. The molecule has 3 aliphatic carbocycles. The van der Waals surface area contributed by atoms with Crippen LogP contribution in [0.15, 0.2) is 67.0 Å². The Bertz CT molecular complexity index is 1690. The lowest BCUT2D eigenvalue weighted by molar-refractivity contribution is -0.00708. The zero-order chi connectivity index (χ0) is 37.4. The minimum atomic E-state index is -1.02. The molecule has 1 fully saturated rings. The summed E-state index contributed by atoms with van der Waals surface area (Å²) in [4.78, 5) is 7.78. The smallest absolute Gasteiger partial charge is 0.161 e. The van der Waals surface area contributed by atoms with Crippen molar-refractivity contribution in [3.63, 3.8) is 0 Å². The van der Waals surface area contributed by atoms with Crippen molar-refractivity contribution >= 4 is 5.82 Å². The summed E-state index contributed by atoms with van der Waals surface area (Å²) in [5.41, 5.74) is 8.96. The number of ether oxygens (including phenoxy) is 1. The number of allylic oxidation sites excluding steroid dienone is 2. The molecule has 9 unspecified atom stereocenters. The molecule has 9 heteroatoms. The van der Waals surface area contributed by atoms with Gasteiger partial charge >= 0.3 is 0 Å². The number of anilines is 1. The number of aromatic amines is 1. The van der Waals surface area contributed by atoms with Crippen LogP contribution >= 0.6 is 0 Å². The molecule has 1 saturated carbocycles. The summed E-state index contributed by atoms with van der Waals surface area (Å²) >= 11 is 0. The third-order valence-corrected chi connectivity index (χ3v) is 12.4. The van der Waals surface area contributed by atoms with Crippen molar-refractivity contribution in [1.29, 1.82) is 0 Å². The molecule has 286 valence electrons. The maximum atomic E-state index is 11.6. The second-order valence-electron chi connectivity index (χ2n) is 15.7. The second kappa shape index (κ2) is 18.0. The molecular formula is C44H59N3O6. The first kappa shape index (κ1) is 38.9. The number of nitrogens with zero attached hydrogens (tertiary/aromatic N) is 1. The monoisotopic (exact) mass is 725 g/mol. The quantitative estimate of drug-likeness (QED) is 0.0786. The Balaban J connectivity index is 1.33. The Morgan fingerprint density at radius 3 is 2.55 bits per heavy atom. The Morgan fingerprint density at radius 2 is 1.81 bits per heavy atom. The summed E-state index contributed by atoms with van der Waals surface area (Å²) in [7, 11) is 0. The number of rotatable bonds is 12. The molecule has 0 spiro atoms. The van der Waals surface area contributed by atoms with E-state index in [0.717, 1.165) is 74.6 Å². The van der Waals surface area contributed by atoms with Gasteiger partial charge in [-0.3, -0.25) is 0 Å². The van der Waals surface area contributed by atoms with Crippen LogP contribution in [0.1, 0.15) is 119 Å². The molecule has 0 saturated heterocycles. The van der Waals surface area contributed by atoms with Gasteiger partial charge in [0.1, 0.15) is 11.9 Å². The number of aliphatic hydroxyl groups is 4. The average Bonchev–Trinajstić information content (AvgIpc) is 3.66. The first-order valence-electron chi connectivity index (χ1n) is 19.9. The topological polar surface area (TPSA) is 165 Å². The number of H-pyrrole nitrogens is 1. The largest absolute Gasteiger partial charge is 0.504 e. The lowest BCUT2D eigenvalue weighted by Gasteiger charge is -2.45. The van der Waals surface area contributed by atoms with E-state index in [-0.39, 0.29) is 47.7 Å². The van der Waals surface area contributed by atoms with Crippen molar-refractivity contribution in [3.05, 3.63) is 83.8 Å². The number of benzene rings is 1. The number of aliphatic hydroxyl groups excluding tert-OH is 4. The first-order valence-corrected chi connectivity index (χ1v) is 19.9. The predicted molar refractivity (Wildman–Crippen MR) is 207 cm³/mol. The van der Waals surface area contributed by atoms with Crippen LogP contribution in [-0.4, -0.2) is 66.5 Å². The normalized spacial score (nSPS) is 27.6. The Morgan fingerprint density at radius 1 is 1.00 bits per heavy atom. The van der Waals surface area contributed by atoms with E-state index < -0.39 is 30.3 Å². The fourth-order valence-corrected chi connectivity index (χ4v) is 9.38. The minimum Gasteiger partial charge on any atom is -0.504 e. The summed E-state index contributed by atoms with van der Waals surface area (Å²) in [5, 5.41) is 55.6. The van der Waals surface area contributed by atoms with Gasteiger partial charge in [-0.2, -0.15) is 0 Å². The number of aromatic nitrogens is 2. The van der Waals surface area contributed by atoms with Crippen LogP contribution in [0.4, 0.5) is 5.82 Å². The molecule has 1 aromatic carbocycles. The zero-order valence-corrected chi connectivity index (χ0v) is 31.1.